The first-order chi connectivity index (χ1) is 11.9. The van der Waals surface area contributed by atoms with Crippen molar-refractivity contribution in [3.05, 3.63) is 48.5 Å². The lowest BCUT2D eigenvalue weighted by atomic mass is 10.1. The SMILES string of the molecule is I.c1ccc(NC(=NC2CCn3ccnc3C2)N2CCCCC2)cc1. The van der Waals surface area contributed by atoms with Gasteiger partial charge in [0.15, 0.2) is 5.96 Å². The van der Waals surface area contributed by atoms with Crippen molar-refractivity contribution in [2.75, 3.05) is 18.4 Å². The molecule has 1 atom stereocenters. The van der Waals surface area contributed by atoms with E-state index in [1.165, 1.54) is 19.3 Å². The van der Waals surface area contributed by atoms with Crippen molar-refractivity contribution in [3.8, 4) is 0 Å². The monoisotopic (exact) mass is 451 g/mol. The summed E-state index contributed by atoms with van der Waals surface area (Å²) in [4.78, 5) is 12.0. The summed E-state index contributed by atoms with van der Waals surface area (Å²) in [6.07, 6.45) is 9.82. The number of nitrogens with zero attached hydrogens (tertiary/aromatic N) is 4. The maximum atomic E-state index is 5.11. The summed E-state index contributed by atoms with van der Waals surface area (Å²) in [6.45, 7) is 3.21. The number of aryl methyl sites for hydroxylation is 1. The molecule has 0 bridgehead atoms. The molecule has 2 aromatic rings. The van der Waals surface area contributed by atoms with Gasteiger partial charge in [0.05, 0.1) is 6.04 Å². The molecular formula is C19H26IN5. The highest BCUT2D eigenvalue weighted by molar-refractivity contribution is 14.0. The van der Waals surface area contributed by atoms with Crippen molar-refractivity contribution in [2.24, 2.45) is 4.99 Å². The molecule has 1 aromatic heterocycles. The van der Waals surface area contributed by atoms with Crippen LogP contribution >= 0.6 is 24.0 Å². The number of aromatic nitrogens is 2. The van der Waals surface area contributed by atoms with E-state index in [-0.39, 0.29) is 24.0 Å². The first kappa shape index (κ1) is 18.2. The van der Waals surface area contributed by atoms with Gasteiger partial charge in [0.1, 0.15) is 5.82 Å². The Morgan fingerprint density at radius 1 is 1.08 bits per heavy atom. The Balaban J connectivity index is 0.00000182. The average Bonchev–Trinajstić information content (AvgIpc) is 3.11. The summed E-state index contributed by atoms with van der Waals surface area (Å²) in [5.41, 5.74) is 1.11. The van der Waals surface area contributed by atoms with E-state index in [4.69, 9.17) is 4.99 Å². The van der Waals surface area contributed by atoms with Crippen LogP contribution in [0.2, 0.25) is 0 Å². The van der Waals surface area contributed by atoms with E-state index in [1.54, 1.807) is 0 Å². The quantitative estimate of drug-likeness (QED) is 0.430. The number of benzene rings is 1. The Bertz CT molecular complexity index is 691. The maximum absolute atomic E-state index is 5.11. The standard InChI is InChI=1S/C19H25N5.HI/c1-3-7-16(8-4-1)21-19(24-11-5-2-6-12-24)22-17-9-13-23-14-10-20-18(23)15-17;/h1,3-4,7-8,10,14,17H,2,5-6,9,11-13,15H2,(H,21,22);1H. The Hall–Kier alpha value is -1.57. The van der Waals surface area contributed by atoms with E-state index in [9.17, 15) is 0 Å². The number of hydrogen-bond acceptors (Lipinski definition) is 2. The Kier molecular flexibility index (Phi) is 6.34. The van der Waals surface area contributed by atoms with E-state index in [1.807, 2.05) is 12.3 Å². The molecule has 1 aromatic carbocycles. The van der Waals surface area contributed by atoms with Gasteiger partial charge in [-0.1, -0.05) is 18.2 Å². The zero-order chi connectivity index (χ0) is 16.2. The third-order valence-electron chi connectivity index (χ3n) is 4.91. The van der Waals surface area contributed by atoms with Crippen LogP contribution in [0.3, 0.4) is 0 Å². The number of likely N-dealkylation sites (tertiary alicyclic amines) is 1. The number of para-hydroxylation sites is 1. The molecule has 2 aliphatic rings. The number of guanidine groups is 1. The fourth-order valence-corrected chi connectivity index (χ4v) is 3.57. The van der Waals surface area contributed by atoms with Crippen LogP contribution < -0.4 is 5.32 Å². The van der Waals surface area contributed by atoms with Gasteiger partial charge in [-0.05, 0) is 37.8 Å². The minimum atomic E-state index is 0. The molecule has 0 saturated carbocycles. The third kappa shape index (κ3) is 4.54. The number of piperidine rings is 1. The summed E-state index contributed by atoms with van der Waals surface area (Å²) in [7, 11) is 0. The third-order valence-corrected chi connectivity index (χ3v) is 4.91. The van der Waals surface area contributed by atoms with Crippen molar-refractivity contribution in [2.45, 2.75) is 44.7 Å². The maximum Gasteiger partial charge on any atom is 0.198 e. The molecule has 0 amide bonds. The average molecular weight is 451 g/mol. The van der Waals surface area contributed by atoms with Crippen LogP contribution in [0.5, 0.6) is 0 Å². The Morgan fingerprint density at radius 2 is 1.88 bits per heavy atom. The molecule has 1 saturated heterocycles. The zero-order valence-corrected chi connectivity index (χ0v) is 16.8. The summed E-state index contributed by atoms with van der Waals surface area (Å²) >= 11 is 0. The highest BCUT2D eigenvalue weighted by Gasteiger charge is 2.21. The number of nitrogens with one attached hydrogen (secondary N) is 1. The number of fused-ring (bicyclic) bond motifs is 1. The molecule has 6 heteroatoms. The lowest BCUT2D eigenvalue weighted by molar-refractivity contribution is 0.337. The molecule has 2 aliphatic heterocycles. The Morgan fingerprint density at radius 3 is 2.68 bits per heavy atom. The first-order valence-electron chi connectivity index (χ1n) is 9.03. The largest absolute Gasteiger partial charge is 0.343 e. The lowest BCUT2D eigenvalue weighted by Gasteiger charge is -2.32. The number of rotatable bonds is 2. The molecule has 134 valence electrons. The van der Waals surface area contributed by atoms with Gasteiger partial charge in [-0.15, -0.1) is 24.0 Å². The van der Waals surface area contributed by atoms with Crippen LogP contribution in [0.4, 0.5) is 5.69 Å². The molecule has 1 unspecified atom stereocenters. The molecular weight excluding hydrogens is 425 g/mol. The van der Waals surface area contributed by atoms with Crippen LogP contribution in [0, 0.1) is 0 Å². The van der Waals surface area contributed by atoms with Crippen molar-refractivity contribution in [3.63, 3.8) is 0 Å². The lowest BCUT2D eigenvalue weighted by Crippen LogP contribution is -2.41. The summed E-state index contributed by atoms with van der Waals surface area (Å²) in [5, 5.41) is 3.56. The van der Waals surface area contributed by atoms with Gasteiger partial charge >= 0.3 is 0 Å². The van der Waals surface area contributed by atoms with Crippen LogP contribution in [0.1, 0.15) is 31.5 Å². The van der Waals surface area contributed by atoms with Crippen molar-refractivity contribution in [1.29, 1.82) is 0 Å². The first-order valence-corrected chi connectivity index (χ1v) is 9.03. The number of halogens is 1. The summed E-state index contributed by atoms with van der Waals surface area (Å²) < 4.78 is 2.25. The molecule has 1 N–H and O–H groups in total. The molecule has 3 heterocycles. The van der Waals surface area contributed by atoms with Crippen LogP contribution in [0.25, 0.3) is 0 Å². The number of aliphatic imine (C=N–C) groups is 1. The van der Waals surface area contributed by atoms with Gasteiger partial charge < -0.3 is 14.8 Å². The molecule has 0 aliphatic carbocycles. The van der Waals surface area contributed by atoms with Crippen LogP contribution in [-0.2, 0) is 13.0 Å². The second-order valence-corrected chi connectivity index (χ2v) is 6.67. The molecule has 4 rings (SSSR count). The minimum absolute atomic E-state index is 0. The second kappa shape index (κ2) is 8.69. The molecule has 5 nitrogen and oxygen atoms in total. The smallest absolute Gasteiger partial charge is 0.198 e. The number of anilines is 1. The molecule has 1 fully saturated rings. The predicted molar refractivity (Wildman–Crippen MR) is 113 cm³/mol. The minimum Gasteiger partial charge on any atom is -0.343 e. The summed E-state index contributed by atoms with van der Waals surface area (Å²) in [6, 6.07) is 10.7. The number of imidazole rings is 1. The van der Waals surface area contributed by atoms with Crippen molar-refractivity contribution < 1.29 is 0 Å². The van der Waals surface area contributed by atoms with Crippen LogP contribution in [-0.4, -0.2) is 39.5 Å². The molecule has 0 spiro atoms. The highest BCUT2D eigenvalue weighted by Crippen LogP contribution is 2.18. The van der Waals surface area contributed by atoms with Gasteiger partial charge in [-0.25, -0.2) is 9.98 Å². The van der Waals surface area contributed by atoms with Gasteiger partial charge in [0.25, 0.3) is 0 Å². The summed E-state index contributed by atoms with van der Waals surface area (Å²) in [5.74, 6) is 2.19. The topological polar surface area (TPSA) is 45.5 Å². The number of hydrogen-bond donors (Lipinski definition) is 1. The fraction of sp³-hybridized carbons (Fsp3) is 0.474. The van der Waals surface area contributed by atoms with Crippen molar-refractivity contribution >= 4 is 35.6 Å². The van der Waals surface area contributed by atoms with E-state index >= 15 is 0 Å². The predicted octanol–water partition coefficient (Wildman–Crippen LogP) is 3.77. The van der Waals surface area contributed by atoms with Gasteiger partial charge in [-0.3, -0.25) is 0 Å². The second-order valence-electron chi connectivity index (χ2n) is 6.67. The van der Waals surface area contributed by atoms with Crippen molar-refractivity contribution in [1.82, 2.24) is 14.5 Å². The van der Waals surface area contributed by atoms with E-state index < -0.39 is 0 Å². The van der Waals surface area contributed by atoms with Crippen LogP contribution in [0.15, 0.2) is 47.7 Å². The molecule has 0 radical (unpaired) electrons. The van der Waals surface area contributed by atoms with E-state index in [0.717, 1.165) is 49.9 Å². The van der Waals surface area contributed by atoms with E-state index in [0.29, 0.717) is 6.04 Å². The van der Waals surface area contributed by atoms with E-state index in [2.05, 4.69) is 50.2 Å². The van der Waals surface area contributed by atoms with Gasteiger partial charge in [0, 0.05) is 44.1 Å². The zero-order valence-electron chi connectivity index (χ0n) is 14.5. The fourth-order valence-electron chi connectivity index (χ4n) is 3.57. The van der Waals surface area contributed by atoms with Gasteiger partial charge in [0.2, 0.25) is 0 Å². The normalized spacial score (nSPS) is 20.6. The highest BCUT2D eigenvalue weighted by atomic mass is 127. The Labute approximate surface area is 166 Å². The molecule has 25 heavy (non-hydrogen) atoms. The van der Waals surface area contributed by atoms with Gasteiger partial charge in [-0.2, -0.15) is 0 Å².